The van der Waals surface area contributed by atoms with Gasteiger partial charge in [-0.25, -0.2) is 0 Å². The second-order valence-corrected chi connectivity index (χ2v) is 6.84. The van der Waals surface area contributed by atoms with E-state index in [2.05, 4.69) is 20.8 Å². The average molecular weight is 412 g/mol. The lowest BCUT2D eigenvalue weighted by atomic mass is 10.2. The molecule has 0 saturated heterocycles. The molecule has 1 aromatic heterocycles. The highest BCUT2D eigenvalue weighted by Crippen LogP contribution is 2.25. The second kappa shape index (κ2) is 8.29. The van der Waals surface area contributed by atoms with Crippen molar-refractivity contribution in [3.05, 3.63) is 88.4 Å². The van der Waals surface area contributed by atoms with Gasteiger partial charge in [0.25, 0.3) is 0 Å². The molecule has 0 saturated carbocycles. The third-order valence-electron chi connectivity index (χ3n) is 3.91. The summed E-state index contributed by atoms with van der Waals surface area (Å²) < 4.78 is 7.43. The Morgan fingerprint density at radius 3 is 2.46 bits per heavy atom. The Balaban J connectivity index is 1.48. The standard InChI is InChI=1S/C20H15Cl2N5O/c21-15-10-16(22)12-17(11-15)23-13-14-5-4-8-19(9-14)28-20-24-25-26-27(20)18-6-2-1-3-7-18/h1-12,23H,13H2. The average Bonchev–Trinajstić information content (AvgIpc) is 3.15. The Labute approximate surface area is 171 Å². The first-order valence-electron chi connectivity index (χ1n) is 8.48. The number of nitrogens with one attached hydrogen (secondary N) is 1. The molecule has 6 nitrogen and oxygen atoms in total. The van der Waals surface area contributed by atoms with Crippen molar-refractivity contribution in [2.75, 3.05) is 5.32 Å². The van der Waals surface area contributed by atoms with E-state index in [4.69, 9.17) is 27.9 Å². The molecule has 140 valence electrons. The van der Waals surface area contributed by atoms with Gasteiger partial charge in [-0.15, -0.1) is 0 Å². The summed E-state index contributed by atoms with van der Waals surface area (Å²) in [5.74, 6) is 0.635. The van der Waals surface area contributed by atoms with E-state index in [0.29, 0.717) is 22.3 Å². The zero-order valence-corrected chi connectivity index (χ0v) is 16.1. The Kier molecular flexibility index (Phi) is 5.41. The van der Waals surface area contributed by atoms with E-state index in [0.717, 1.165) is 16.9 Å². The molecule has 28 heavy (non-hydrogen) atoms. The summed E-state index contributed by atoms with van der Waals surface area (Å²) in [6.07, 6.45) is 0. The Bertz CT molecular complexity index is 1060. The number of hydrogen-bond donors (Lipinski definition) is 1. The van der Waals surface area contributed by atoms with Crippen molar-refractivity contribution < 1.29 is 4.74 Å². The van der Waals surface area contributed by atoms with Crippen LogP contribution in [0.3, 0.4) is 0 Å². The van der Waals surface area contributed by atoms with Crippen molar-refractivity contribution in [3.8, 4) is 17.4 Å². The van der Waals surface area contributed by atoms with Crippen LogP contribution in [-0.4, -0.2) is 20.2 Å². The van der Waals surface area contributed by atoms with Crippen LogP contribution in [0.2, 0.25) is 10.0 Å². The smallest absolute Gasteiger partial charge is 0.345 e. The maximum atomic E-state index is 6.04. The number of ether oxygens (including phenoxy) is 1. The number of tetrazole rings is 1. The molecule has 0 aliphatic heterocycles. The summed E-state index contributed by atoms with van der Waals surface area (Å²) in [5.41, 5.74) is 2.68. The van der Waals surface area contributed by atoms with Gasteiger partial charge in [0.1, 0.15) is 5.75 Å². The second-order valence-electron chi connectivity index (χ2n) is 5.97. The number of halogens is 2. The molecule has 3 aromatic carbocycles. The molecular weight excluding hydrogens is 397 g/mol. The van der Waals surface area contributed by atoms with Gasteiger partial charge < -0.3 is 10.1 Å². The number of hydrogen-bond acceptors (Lipinski definition) is 5. The van der Waals surface area contributed by atoms with Crippen LogP contribution < -0.4 is 10.1 Å². The van der Waals surface area contributed by atoms with Crippen LogP contribution in [0, 0.1) is 0 Å². The van der Waals surface area contributed by atoms with E-state index in [-0.39, 0.29) is 6.01 Å². The Morgan fingerprint density at radius 2 is 1.68 bits per heavy atom. The zero-order valence-electron chi connectivity index (χ0n) is 14.6. The van der Waals surface area contributed by atoms with Crippen molar-refractivity contribution in [1.29, 1.82) is 0 Å². The van der Waals surface area contributed by atoms with Crippen LogP contribution in [-0.2, 0) is 6.54 Å². The zero-order chi connectivity index (χ0) is 19.3. The molecule has 0 atom stereocenters. The maximum absolute atomic E-state index is 6.04. The molecule has 0 unspecified atom stereocenters. The van der Waals surface area contributed by atoms with Crippen LogP contribution >= 0.6 is 23.2 Å². The van der Waals surface area contributed by atoms with Crippen LogP contribution in [0.25, 0.3) is 5.69 Å². The van der Waals surface area contributed by atoms with E-state index in [1.165, 1.54) is 0 Å². The third-order valence-corrected chi connectivity index (χ3v) is 4.34. The first-order chi connectivity index (χ1) is 13.7. The molecule has 8 heteroatoms. The number of benzene rings is 3. The summed E-state index contributed by atoms with van der Waals surface area (Å²) >= 11 is 12.1. The molecule has 0 fully saturated rings. The van der Waals surface area contributed by atoms with E-state index >= 15 is 0 Å². The summed E-state index contributed by atoms with van der Waals surface area (Å²) in [7, 11) is 0. The van der Waals surface area contributed by atoms with Crippen LogP contribution in [0.5, 0.6) is 11.8 Å². The molecule has 0 radical (unpaired) electrons. The fraction of sp³-hybridized carbons (Fsp3) is 0.0500. The van der Waals surface area contributed by atoms with Gasteiger partial charge in [0.15, 0.2) is 0 Å². The number of rotatable bonds is 6. The molecule has 0 aliphatic rings. The minimum Gasteiger partial charge on any atom is -0.423 e. The van der Waals surface area contributed by atoms with E-state index in [1.807, 2.05) is 66.7 Å². The summed E-state index contributed by atoms with van der Waals surface area (Å²) in [6.45, 7) is 0.581. The maximum Gasteiger partial charge on any atom is 0.345 e. The minimum absolute atomic E-state index is 0.290. The Morgan fingerprint density at radius 1 is 0.893 bits per heavy atom. The highest BCUT2D eigenvalue weighted by molar-refractivity contribution is 6.35. The number of nitrogens with zero attached hydrogens (tertiary/aromatic N) is 4. The van der Waals surface area contributed by atoms with Crippen LogP contribution in [0.1, 0.15) is 5.56 Å². The lowest BCUT2D eigenvalue weighted by molar-refractivity contribution is 0.427. The van der Waals surface area contributed by atoms with Gasteiger partial charge in [-0.3, -0.25) is 0 Å². The van der Waals surface area contributed by atoms with Crippen LogP contribution in [0.4, 0.5) is 5.69 Å². The highest BCUT2D eigenvalue weighted by Gasteiger charge is 2.10. The van der Waals surface area contributed by atoms with Gasteiger partial charge in [-0.2, -0.15) is 4.68 Å². The summed E-state index contributed by atoms with van der Waals surface area (Å²) in [6, 6.07) is 22.9. The molecule has 0 spiro atoms. The molecule has 1 heterocycles. The van der Waals surface area contributed by atoms with Gasteiger partial charge >= 0.3 is 6.01 Å². The number of anilines is 1. The molecule has 4 aromatic rings. The van der Waals surface area contributed by atoms with Crippen molar-refractivity contribution in [2.45, 2.75) is 6.54 Å². The third kappa shape index (κ3) is 4.42. The molecule has 0 bridgehead atoms. The first-order valence-corrected chi connectivity index (χ1v) is 9.23. The van der Waals surface area contributed by atoms with Crippen molar-refractivity contribution in [1.82, 2.24) is 20.2 Å². The van der Waals surface area contributed by atoms with Gasteiger partial charge in [-0.1, -0.05) is 58.6 Å². The largest absolute Gasteiger partial charge is 0.423 e. The molecule has 0 aliphatic carbocycles. The minimum atomic E-state index is 0.290. The predicted molar refractivity (Wildman–Crippen MR) is 109 cm³/mol. The van der Waals surface area contributed by atoms with E-state index in [9.17, 15) is 0 Å². The topological polar surface area (TPSA) is 64.9 Å². The lowest BCUT2D eigenvalue weighted by Gasteiger charge is -2.10. The quantitative estimate of drug-likeness (QED) is 0.461. The van der Waals surface area contributed by atoms with Crippen molar-refractivity contribution in [3.63, 3.8) is 0 Å². The van der Waals surface area contributed by atoms with Crippen LogP contribution in [0.15, 0.2) is 72.8 Å². The number of para-hydroxylation sites is 1. The van der Waals surface area contributed by atoms with E-state index < -0.39 is 0 Å². The SMILES string of the molecule is Clc1cc(Cl)cc(NCc2cccc(Oc3nnnn3-c3ccccc3)c2)c1. The molecule has 0 amide bonds. The first kappa shape index (κ1) is 18.3. The monoisotopic (exact) mass is 411 g/mol. The van der Waals surface area contributed by atoms with Gasteiger partial charge in [-0.05, 0) is 58.5 Å². The Hall–Kier alpha value is -3.09. The van der Waals surface area contributed by atoms with Gasteiger partial charge in [0.2, 0.25) is 0 Å². The van der Waals surface area contributed by atoms with Gasteiger partial charge in [0.05, 0.1) is 5.69 Å². The molecule has 4 rings (SSSR count). The summed E-state index contributed by atoms with van der Waals surface area (Å²) in [4.78, 5) is 0. The molecular formula is C20H15Cl2N5O. The molecule has 1 N–H and O–H groups in total. The number of aromatic nitrogens is 4. The predicted octanol–water partition coefficient (Wildman–Crippen LogP) is 5.37. The van der Waals surface area contributed by atoms with Crippen molar-refractivity contribution in [2.24, 2.45) is 0 Å². The highest BCUT2D eigenvalue weighted by atomic mass is 35.5. The van der Waals surface area contributed by atoms with E-state index in [1.54, 1.807) is 10.7 Å². The van der Waals surface area contributed by atoms with Gasteiger partial charge in [0, 0.05) is 22.3 Å². The fourth-order valence-electron chi connectivity index (χ4n) is 2.66. The lowest BCUT2D eigenvalue weighted by Crippen LogP contribution is -2.01. The normalized spacial score (nSPS) is 10.6. The fourth-order valence-corrected chi connectivity index (χ4v) is 3.18. The summed E-state index contributed by atoms with van der Waals surface area (Å²) in [5, 5.41) is 16.1. The van der Waals surface area contributed by atoms with Crippen molar-refractivity contribution >= 4 is 28.9 Å².